The molecule has 0 saturated heterocycles. The lowest BCUT2D eigenvalue weighted by Crippen LogP contribution is -2.18. The molecule has 1 N–H and O–H groups in total. The molecule has 0 heterocycles. The number of hydrogen-bond donors (Lipinski definition) is 1. The van der Waals surface area contributed by atoms with E-state index in [0.29, 0.717) is 18.4 Å². The summed E-state index contributed by atoms with van der Waals surface area (Å²) in [5, 5.41) is 8.22. The van der Waals surface area contributed by atoms with E-state index in [4.69, 9.17) is 21.7 Å². The fourth-order valence-corrected chi connectivity index (χ4v) is 2.60. The molecule has 1 rings (SSSR count). The molecule has 0 aliphatic carbocycles. The van der Waals surface area contributed by atoms with E-state index in [1.165, 1.54) is 16.7 Å². The molecule has 1 atom stereocenters. The minimum atomic E-state index is 0.00556. The van der Waals surface area contributed by atoms with Gasteiger partial charge in [0.25, 0.3) is 0 Å². The first-order chi connectivity index (χ1) is 9.81. The maximum absolute atomic E-state index is 8.22. The smallest absolute Gasteiger partial charge is 0.188 e. The zero-order valence-electron chi connectivity index (χ0n) is 13.9. The van der Waals surface area contributed by atoms with Crippen molar-refractivity contribution in [2.24, 2.45) is 0 Å². The van der Waals surface area contributed by atoms with Gasteiger partial charge in [-0.05, 0) is 48.8 Å². The van der Waals surface area contributed by atoms with Gasteiger partial charge in [0.05, 0.1) is 12.5 Å². The third kappa shape index (κ3) is 5.03. The average molecular weight is 310 g/mol. The van der Waals surface area contributed by atoms with Crippen LogP contribution in [0.4, 0.5) is 0 Å². The number of nitrogens with one attached hydrogen (secondary N) is 1. The first kappa shape index (κ1) is 18.0. The van der Waals surface area contributed by atoms with E-state index in [1.807, 2.05) is 6.92 Å². The van der Waals surface area contributed by atoms with E-state index >= 15 is 0 Å². The second-order valence-corrected chi connectivity index (χ2v) is 6.88. The van der Waals surface area contributed by atoms with Crippen molar-refractivity contribution in [3.8, 4) is 0 Å². The van der Waals surface area contributed by atoms with Crippen molar-refractivity contribution < 1.29 is 4.74 Å². The van der Waals surface area contributed by atoms with Crippen LogP contribution in [0.2, 0.25) is 0 Å². The Hall–Kier alpha value is -1.02. The second kappa shape index (κ2) is 7.84. The standard InChI is InChI=1S/C18H28ClNO/c1-6-21-17(20)15(8-7-11-19)16-12-14(18(3,4)5)10-9-13(16)2/h9-10,12,15,20H,6-8,11H2,1-5H3. The number of hydrogen-bond acceptors (Lipinski definition) is 2. The van der Waals surface area contributed by atoms with E-state index in [-0.39, 0.29) is 11.3 Å². The van der Waals surface area contributed by atoms with Gasteiger partial charge < -0.3 is 4.74 Å². The summed E-state index contributed by atoms with van der Waals surface area (Å²) in [7, 11) is 0. The van der Waals surface area contributed by atoms with Gasteiger partial charge in [-0.3, -0.25) is 5.41 Å². The normalized spacial score (nSPS) is 13.0. The number of benzene rings is 1. The molecule has 1 aromatic carbocycles. The Labute approximate surface area is 134 Å². The summed E-state index contributed by atoms with van der Waals surface area (Å²) < 4.78 is 5.48. The number of alkyl halides is 1. The van der Waals surface area contributed by atoms with Gasteiger partial charge in [-0.2, -0.15) is 0 Å². The predicted octanol–water partition coefficient (Wildman–Crippen LogP) is 5.41. The van der Waals surface area contributed by atoms with Crippen LogP contribution in [0.25, 0.3) is 0 Å². The summed E-state index contributed by atoms with van der Waals surface area (Å²) >= 11 is 5.85. The largest absolute Gasteiger partial charge is 0.481 e. The second-order valence-electron chi connectivity index (χ2n) is 6.50. The highest BCUT2D eigenvalue weighted by Crippen LogP contribution is 2.31. The van der Waals surface area contributed by atoms with Crippen molar-refractivity contribution in [3.63, 3.8) is 0 Å². The van der Waals surface area contributed by atoms with Crippen molar-refractivity contribution in [1.29, 1.82) is 5.41 Å². The molecule has 2 nitrogen and oxygen atoms in total. The summed E-state index contributed by atoms with van der Waals surface area (Å²) in [6, 6.07) is 6.58. The van der Waals surface area contributed by atoms with Crippen LogP contribution in [0.3, 0.4) is 0 Å². The van der Waals surface area contributed by atoms with E-state index in [0.717, 1.165) is 12.8 Å². The van der Waals surface area contributed by atoms with E-state index < -0.39 is 0 Å². The van der Waals surface area contributed by atoms with Crippen LogP contribution in [0, 0.1) is 12.3 Å². The molecule has 118 valence electrons. The van der Waals surface area contributed by atoms with Crippen LogP contribution in [-0.4, -0.2) is 18.4 Å². The van der Waals surface area contributed by atoms with Crippen molar-refractivity contribution in [2.45, 2.75) is 58.8 Å². The summed E-state index contributed by atoms with van der Waals surface area (Å²) in [5.41, 5.74) is 3.81. The molecule has 0 saturated carbocycles. The zero-order chi connectivity index (χ0) is 16.0. The minimum absolute atomic E-state index is 0.00556. The molecule has 3 heteroatoms. The Kier molecular flexibility index (Phi) is 6.73. The fraction of sp³-hybridized carbons (Fsp3) is 0.611. The van der Waals surface area contributed by atoms with Crippen molar-refractivity contribution in [2.75, 3.05) is 12.5 Å². The summed E-state index contributed by atoms with van der Waals surface area (Å²) in [4.78, 5) is 0. The molecule has 0 aliphatic rings. The molecule has 0 aromatic heterocycles. The quantitative estimate of drug-likeness (QED) is 0.425. The maximum atomic E-state index is 8.22. The van der Waals surface area contributed by atoms with Crippen LogP contribution in [0.15, 0.2) is 18.2 Å². The predicted molar refractivity (Wildman–Crippen MR) is 91.9 cm³/mol. The Balaban J connectivity index is 3.19. The Morgan fingerprint density at radius 2 is 2.00 bits per heavy atom. The number of aryl methyl sites for hydroxylation is 1. The molecule has 0 spiro atoms. The van der Waals surface area contributed by atoms with Gasteiger partial charge in [-0.25, -0.2) is 0 Å². The van der Waals surface area contributed by atoms with Crippen molar-refractivity contribution >= 4 is 17.5 Å². The SMILES string of the molecule is CCOC(=N)C(CCCCl)c1cc(C(C)(C)C)ccc1C. The van der Waals surface area contributed by atoms with E-state index in [2.05, 4.69) is 45.9 Å². The summed E-state index contributed by atoms with van der Waals surface area (Å²) in [5.74, 6) is 0.983. The Bertz CT molecular complexity index is 477. The lowest BCUT2D eigenvalue weighted by molar-refractivity contribution is 0.305. The van der Waals surface area contributed by atoms with Gasteiger partial charge in [-0.1, -0.05) is 39.0 Å². The molecular weight excluding hydrogens is 282 g/mol. The number of rotatable bonds is 6. The first-order valence-corrected chi connectivity index (χ1v) is 8.23. The van der Waals surface area contributed by atoms with Crippen LogP contribution in [0.5, 0.6) is 0 Å². The summed E-state index contributed by atoms with van der Waals surface area (Å²) in [6.07, 6.45) is 1.75. The lowest BCUT2D eigenvalue weighted by atomic mass is 9.82. The first-order valence-electron chi connectivity index (χ1n) is 7.69. The molecule has 0 bridgehead atoms. The van der Waals surface area contributed by atoms with Gasteiger partial charge in [0.1, 0.15) is 0 Å². The fourth-order valence-electron chi connectivity index (χ4n) is 2.45. The lowest BCUT2D eigenvalue weighted by Gasteiger charge is -2.25. The highest BCUT2D eigenvalue weighted by molar-refractivity contribution is 6.17. The molecule has 1 unspecified atom stereocenters. The van der Waals surface area contributed by atoms with Gasteiger partial charge in [0.15, 0.2) is 5.90 Å². The Morgan fingerprint density at radius 1 is 1.33 bits per heavy atom. The number of ether oxygens (including phenoxy) is 1. The van der Waals surface area contributed by atoms with Crippen LogP contribution >= 0.6 is 11.6 Å². The average Bonchev–Trinajstić information content (AvgIpc) is 2.40. The molecule has 0 aliphatic heterocycles. The van der Waals surface area contributed by atoms with Gasteiger partial charge in [0, 0.05) is 5.88 Å². The van der Waals surface area contributed by atoms with Gasteiger partial charge >= 0.3 is 0 Å². The topological polar surface area (TPSA) is 33.1 Å². The molecular formula is C18H28ClNO. The molecule has 0 fully saturated rings. The van der Waals surface area contributed by atoms with Crippen molar-refractivity contribution in [3.05, 3.63) is 34.9 Å². The van der Waals surface area contributed by atoms with Crippen LogP contribution < -0.4 is 0 Å². The monoisotopic (exact) mass is 309 g/mol. The van der Waals surface area contributed by atoms with Crippen molar-refractivity contribution in [1.82, 2.24) is 0 Å². The van der Waals surface area contributed by atoms with Crippen LogP contribution in [-0.2, 0) is 10.2 Å². The van der Waals surface area contributed by atoms with Gasteiger partial charge in [0.2, 0.25) is 0 Å². The minimum Gasteiger partial charge on any atom is -0.481 e. The molecule has 0 radical (unpaired) electrons. The molecule has 21 heavy (non-hydrogen) atoms. The molecule has 0 amide bonds. The highest BCUT2D eigenvalue weighted by atomic mass is 35.5. The third-order valence-corrected chi connectivity index (χ3v) is 4.03. The van der Waals surface area contributed by atoms with Gasteiger partial charge in [-0.15, -0.1) is 11.6 Å². The van der Waals surface area contributed by atoms with E-state index in [1.54, 1.807) is 0 Å². The molecule has 1 aromatic rings. The van der Waals surface area contributed by atoms with Crippen LogP contribution in [0.1, 0.15) is 63.1 Å². The zero-order valence-corrected chi connectivity index (χ0v) is 14.7. The third-order valence-electron chi connectivity index (χ3n) is 3.76. The number of halogens is 1. The Morgan fingerprint density at radius 3 is 2.52 bits per heavy atom. The highest BCUT2D eigenvalue weighted by Gasteiger charge is 2.22. The maximum Gasteiger partial charge on any atom is 0.188 e. The van der Waals surface area contributed by atoms with E-state index in [9.17, 15) is 0 Å². The summed E-state index contributed by atoms with van der Waals surface area (Å²) in [6.45, 7) is 11.2.